The van der Waals surface area contributed by atoms with Crippen molar-refractivity contribution in [2.45, 2.75) is 30.7 Å². The molecule has 1 aliphatic rings. The molecule has 1 atom stereocenters. The highest BCUT2D eigenvalue weighted by molar-refractivity contribution is 7.92. The highest BCUT2D eigenvalue weighted by atomic mass is 32.2. The first-order valence-electron chi connectivity index (χ1n) is 10.1. The van der Waals surface area contributed by atoms with Crippen LogP contribution in [0.3, 0.4) is 0 Å². The van der Waals surface area contributed by atoms with E-state index in [1.165, 1.54) is 24.4 Å². The summed E-state index contributed by atoms with van der Waals surface area (Å²) < 4.78 is 39.1. The van der Waals surface area contributed by atoms with Crippen LogP contribution in [0.15, 0.2) is 45.1 Å². The number of nitrogens with zero attached hydrogens (tertiary/aromatic N) is 2. The average molecular weight is 493 g/mol. The van der Waals surface area contributed by atoms with Gasteiger partial charge in [-0.25, -0.2) is 8.42 Å². The highest BCUT2D eigenvalue weighted by Crippen LogP contribution is 2.39. The average Bonchev–Trinajstić information content (AvgIpc) is 3.25. The van der Waals surface area contributed by atoms with Crippen LogP contribution < -0.4 is 36.1 Å². The lowest BCUT2D eigenvalue weighted by atomic mass is 10.1. The fourth-order valence-corrected chi connectivity index (χ4v) is 4.66. The predicted molar refractivity (Wildman–Crippen MR) is 123 cm³/mol. The van der Waals surface area contributed by atoms with Gasteiger partial charge in [-0.15, -0.1) is 0 Å². The number of fused-ring (bicyclic) bond motifs is 1. The van der Waals surface area contributed by atoms with Gasteiger partial charge in [0.1, 0.15) is 16.9 Å². The van der Waals surface area contributed by atoms with Crippen LogP contribution in [0.5, 0.6) is 11.5 Å². The van der Waals surface area contributed by atoms with Crippen molar-refractivity contribution in [2.75, 3.05) is 23.0 Å². The van der Waals surface area contributed by atoms with E-state index in [1.54, 1.807) is 6.07 Å². The second-order valence-corrected chi connectivity index (χ2v) is 8.86. The Morgan fingerprint density at radius 3 is 2.76 bits per heavy atom. The molecule has 0 radical (unpaired) electrons. The lowest BCUT2D eigenvalue weighted by Gasteiger charge is -2.28. The minimum atomic E-state index is -4.28. The van der Waals surface area contributed by atoms with Gasteiger partial charge in [0, 0.05) is 19.7 Å². The van der Waals surface area contributed by atoms with Crippen LogP contribution in [-0.2, 0) is 19.6 Å². The molecule has 2 heterocycles. The number of pyridine rings is 1. The molecule has 1 aromatic carbocycles. The van der Waals surface area contributed by atoms with Crippen LogP contribution in [0, 0.1) is 0 Å². The first kappa shape index (κ1) is 24.6. The van der Waals surface area contributed by atoms with Crippen LogP contribution in [0.4, 0.5) is 11.4 Å². The second kappa shape index (κ2) is 10.2. The predicted octanol–water partition coefficient (Wildman–Crippen LogP) is -0.122. The molecule has 34 heavy (non-hydrogen) atoms. The Balaban J connectivity index is 1.99. The van der Waals surface area contributed by atoms with Crippen LogP contribution in [0.25, 0.3) is 0 Å². The summed E-state index contributed by atoms with van der Waals surface area (Å²) in [6.07, 6.45) is 2.16. The smallest absolute Gasteiger partial charge is 0.274 e. The number of nitrogens with two attached hydrogens (primary N) is 2. The van der Waals surface area contributed by atoms with Crippen LogP contribution in [0.2, 0.25) is 0 Å². The number of carbonyl (C=O) groups is 2. The molecule has 1 aliphatic heterocycles. The summed E-state index contributed by atoms with van der Waals surface area (Å²) in [7, 11) is -4.28. The number of sulfonamides is 1. The number of aliphatic imine (C=N–C) groups is 1. The van der Waals surface area contributed by atoms with Crippen molar-refractivity contribution in [3.63, 3.8) is 0 Å². The molecule has 0 bridgehead atoms. The van der Waals surface area contributed by atoms with E-state index in [2.05, 4.69) is 14.7 Å². The third-order valence-corrected chi connectivity index (χ3v) is 6.24. The number of nitrogens with one attached hydrogen (secondary N) is 2. The number of carbonyl (C=O) groups excluding carboxylic acids is 2. The third kappa shape index (κ3) is 5.28. The number of hydrogen-bond acceptors (Lipinski definition) is 8. The van der Waals surface area contributed by atoms with E-state index < -0.39 is 27.5 Å². The molecule has 13 nitrogen and oxygen atoms in total. The molecule has 1 aromatic heterocycles. The molecule has 1 amide bonds. The van der Waals surface area contributed by atoms with Crippen LogP contribution in [0.1, 0.15) is 19.8 Å². The van der Waals surface area contributed by atoms with Crippen molar-refractivity contribution in [3.8, 4) is 11.5 Å². The van der Waals surface area contributed by atoms with E-state index >= 15 is 0 Å². The molecule has 0 saturated heterocycles. The Hall–Kier alpha value is -4.07. The van der Waals surface area contributed by atoms with E-state index in [9.17, 15) is 22.8 Å². The number of guanidine groups is 1. The van der Waals surface area contributed by atoms with Crippen molar-refractivity contribution in [1.82, 2.24) is 4.98 Å². The molecule has 0 fully saturated rings. The maximum absolute atomic E-state index is 13.2. The van der Waals surface area contributed by atoms with Crippen molar-refractivity contribution in [2.24, 2.45) is 16.5 Å². The van der Waals surface area contributed by atoms with Crippen molar-refractivity contribution in [3.05, 3.63) is 40.8 Å². The third-order valence-electron chi connectivity index (χ3n) is 4.85. The summed E-state index contributed by atoms with van der Waals surface area (Å²) in [4.78, 5) is 44.0. The zero-order chi connectivity index (χ0) is 24.9. The number of amides is 1. The number of anilines is 2. The standard InChI is InChI=1S/C20H24N6O7S/c1-12(28)26(13(10-27)4-3-8-24-20(21)22)17-14(7-9-23-19(17)29)25-34(30,31)16-6-2-5-15-18(16)33-11-32-15/h2,5-7,9-10,13H,3-4,8,11H2,1H3,(H4,21,22,24)(H2,23,25,29)/t13-/m0/s1. The number of ether oxygens (including phenoxy) is 2. The Kier molecular flexibility index (Phi) is 7.40. The maximum Gasteiger partial charge on any atom is 0.274 e. The highest BCUT2D eigenvalue weighted by Gasteiger charge is 2.31. The van der Waals surface area contributed by atoms with Crippen molar-refractivity contribution < 1.29 is 27.5 Å². The fourth-order valence-electron chi connectivity index (χ4n) is 3.43. The second-order valence-electron chi connectivity index (χ2n) is 7.21. The molecule has 0 saturated carbocycles. The molecule has 182 valence electrons. The molecular weight excluding hydrogens is 468 g/mol. The topological polar surface area (TPSA) is 199 Å². The Labute approximate surface area is 194 Å². The van der Waals surface area contributed by atoms with Crippen LogP contribution >= 0.6 is 0 Å². The van der Waals surface area contributed by atoms with Crippen molar-refractivity contribution >= 4 is 39.6 Å². The lowest BCUT2D eigenvalue weighted by Crippen LogP contribution is -2.43. The summed E-state index contributed by atoms with van der Waals surface area (Å²) in [5.74, 6) is -0.492. The van der Waals surface area contributed by atoms with Gasteiger partial charge in [-0.05, 0) is 31.0 Å². The van der Waals surface area contributed by atoms with Gasteiger partial charge in [0.15, 0.2) is 17.5 Å². The number of aromatic nitrogens is 1. The van der Waals surface area contributed by atoms with Gasteiger partial charge in [0.2, 0.25) is 12.7 Å². The number of aromatic amines is 1. The van der Waals surface area contributed by atoms with Gasteiger partial charge in [-0.1, -0.05) is 6.07 Å². The Bertz CT molecular complexity index is 1270. The normalized spacial score (nSPS) is 13.1. The molecule has 2 aromatic rings. The molecule has 14 heteroatoms. The van der Waals surface area contributed by atoms with E-state index in [0.717, 1.165) is 11.8 Å². The summed E-state index contributed by atoms with van der Waals surface area (Å²) in [5.41, 5.74) is 9.27. The largest absolute Gasteiger partial charge is 0.454 e. The minimum absolute atomic E-state index is 0.0234. The lowest BCUT2D eigenvalue weighted by molar-refractivity contribution is -0.119. The first-order chi connectivity index (χ1) is 16.2. The van der Waals surface area contributed by atoms with Crippen LogP contribution in [-0.4, -0.2) is 50.9 Å². The van der Waals surface area contributed by atoms with E-state index in [1.807, 2.05) is 0 Å². The summed E-state index contributed by atoms with van der Waals surface area (Å²) in [6, 6.07) is 4.53. The van der Waals surface area contributed by atoms with Gasteiger partial charge in [0.25, 0.3) is 15.6 Å². The number of rotatable bonds is 10. The summed E-state index contributed by atoms with van der Waals surface area (Å²) in [5, 5.41) is 0. The van der Waals surface area contributed by atoms with Gasteiger partial charge in [-0.3, -0.25) is 24.2 Å². The van der Waals surface area contributed by atoms with E-state index in [0.29, 0.717) is 12.7 Å². The SMILES string of the molecule is CC(=O)N(c1c(NS(=O)(=O)c2cccc3c2OCO3)cc[nH]c1=O)[C@H](C=O)CCCN=C(N)N. The fraction of sp³-hybridized carbons (Fsp3) is 0.300. The zero-order valence-electron chi connectivity index (χ0n) is 18.2. The van der Waals surface area contributed by atoms with Crippen molar-refractivity contribution in [1.29, 1.82) is 0 Å². The molecule has 0 spiro atoms. The summed E-state index contributed by atoms with van der Waals surface area (Å²) >= 11 is 0. The monoisotopic (exact) mass is 492 g/mol. The Morgan fingerprint density at radius 2 is 2.09 bits per heavy atom. The Morgan fingerprint density at radius 1 is 1.32 bits per heavy atom. The molecule has 6 N–H and O–H groups in total. The first-order valence-corrected chi connectivity index (χ1v) is 11.6. The number of benzene rings is 1. The molecule has 3 rings (SSSR count). The number of aldehydes is 1. The molecule has 0 aliphatic carbocycles. The van der Waals surface area contributed by atoms with Gasteiger partial charge in [0.05, 0.1) is 11.7 Å². The maximum atomic E-state index is 13.2. The van der Waals surface area contributed by atoms with Gasteiger partial charge in [-0.2, -0.15) is 0 Å². The van der Waals surface area contributed by atoms with E-state index in [-0.39, 0.29) is 53.5 Å². The zero-order valence-corrected chi connectivity index (χ0v) is 19.0. The minimum Gasteiger partial charge on any atom is -0.454 e. The molecule has 0 unspecified atom stereocenters. The number of para-hydroxylation sites is 1. The number of H-pyrrole nitrogens is 1. The number of hydrogen-bond donors (Lipinski definition) is 4. The van der Waals surface area contributed by atoms with Gasteiger partial charge < -0.3 is 30.7 Å². The summed E-state index contributed by atoms with van der Waals surface area (Å²) in [6.45, 7) is 1.22. The quantitative estimate of drug-likeness (QED) is 0.151. The van der Waals surface area contributed by atoms with Gasteiger partial charge >= 0.3 is 0 Å². The van der Waals surface area contributed by atoms with E-state index in [4.69, 9.17) is 20.9 Å². The molecular formula is C20H24N6O7S.